The molecule has 1 N–H and O–H groups in total. The van der Waals surface area contributed by atoms with E-state index in [-0.39, 0.29) is 5.92 Å². The lowest BCUT2D eigenvalue weighted by Gasteiger charge is -1.97. The molecule has 0 fully saturated rings. The summed E-state index contributed by atoms with van der Waals surface area (Å²) < 4.78 is 18.3. The summed E-state index contributed by atoms with van der Waals surface area (Å²) in [6.45, 7) is 5.32. The lowest BCUT2D eigenvalue weighted by atomic mass is 10.2. The van der Waals surface area contributed by atoms with Gasteiger partial charge < -0.3 is 4.55 Å². The van der Waals surface area contributed by atoms with Gasteiger partial charge in [0.1, 0.15) is 0 Å². The summed E-state index contributed by atoms with van der Waals surface area (Å²) >= 11 is -1.67. The summed E-state index contributed by atoms with van der Waals surface area (Å²) in [7, 11) is 0. The SMILES string of the molecule is C=C[C@H](C)CS(=O)O. The highest BCUT2D eigenvalue weighted by molar-refractivity contribution is 7.79. The maximum absolute atomic E-state index is 10.0. The molecule has 2 atom stereocenters. The first-order valence-corrected chi connectivity index (χ1v) is 3.64. The van der Waals surface area contributed by atoms with E-state index in [9.17, 15) is 4.21 Å². The molecule has 0 aromatic heterocycles. The molecule has 8 heavy (non-hydrogen) atoms. The Morgan fingerprint density at radius 2 is 2.50 bits per heavy atom. The van der Waals surface area contributed by atoms with Crippen LogP contribution in [0.4, 0.5) is 0 Å². The summed E-state index contributed by atoms with van der Waals surface area (Å²) in [6.07, 6.45) is 1.66. The first kappa shape index (κ1) is 7.85. The zero-order valence-corrected chi connectivity index (χ0v) is 5.65. The van der Waals surface area contributed by atoms with Gasteiger partial charge in [-0.1, -0.05) is 13.0 Å². The molecule has 48 valence electrons. The first-order chi connectivity index (χ1) is 3.66. The second kappa shape index (κ2) is 3.80. The lowest BCUT2D eigenvalue weighted by Crippen LogP contribution is -2.02. The Kier molecular flexibility index (Phi) is 3.73. The minimum absolute atomic E-state index is 0.140. The van der Waals surface area contributed by atoms with E-state index in [1.165, 1.54) is 0 Å². The zero-order valence-electron chi connectivity index (χ0n) is 4.83. The number of hydrogen-bond acceptors (Lipinski definition) is 1. The summed E-state index contributed by atoms with van der Waals surface area (Å²) in [5, 5.41) is 0. The Hall–Kier alpha value is -0.150. The monoisotopic (exact) mass is 134 g/mol. The van der Waals surface area contributed by atoms with Crippen molar-refractivity contribution in [1.82, 2.24) is 0 Å². The van der Waals surface area contributed by atoms with Crippen LogP contribution in [0, 0.1) is 5.92 Å². The molecular formula is C5H10O2S. The molecule has 0 saturated carbocycles. The van der Waals surface area contributed by atoms with Crippen molar-refractivity contribution in [3.63, 3.8) is 0 Å². The topological polar surface area (TPSA) is 37.3 Å². The highest BCUT2D eigenvalue weighted by atomic mass is 32.2. The molecular weight excluding hydrogens is 124 g/mol. The Bertz CT molecular complexity index is 101. The molecule has 0 spiro atoms. The van der Waals surface area contributed by atoms with Crippen LogP contribution >= 0.6 is 0 Å². The molecule has 0 aromatic rings. The van der Waals surface area contributed by atoms with Crippen molar-refractivity contribution in [3.05, 3.63) is 12.7 Å². The summed E-state index contributed by atoms with van der Waals surface area (Å²) in [5.74, 6) is 0.435. The molecule has 0 bridgehead atoms. The number of allylic oxidation sites excluding steroid dienone is 1. The molecule has 0 amide bonds. The van der Waals surface area contributed by atoms with Gasteiger partial charge in [0.2, 0.25) is 0 Å². The van der Waals surface area contributed by atoms with Gasteiger partial charge in [0.05, 0.1) is 5.75 Å². The smallest absolute Gasteiger partial charge is 0.153 e. The Morgan fingerprint density at radius 1 is 2.00 bits per heavy atom. The van der Waals surface area contributed by atoms with Crippen LogP contribution < -0.4 is 0 Å². The summed E-state index contributed by atoms with van der Waals surface area (Å²) in [6, 6.07) is 0. The van der Waals surface area contributed by atoms with Gasteiger partial charge in [-0.15, -0.1) is 6.58 Å². The molecule has 2 nitrogen and oxygen atoms in total. The van der Waals surface area contributed by atoms with Gasteiger partial charge in [0, 0.05) is 0 Å². The molecule has 0 rings (SSSR count). The van der Waals surface area contributed by atoms with E-state index < -0.39 is 11.1 Å². The third-order valence-corrected chi connectivity index (χ3v) is 1.62. The molecule has 0 aliphatic rings. The van der Waals surface area contributed by atoms with E-state index in [0.717, 1.165) is 0 Å². The normalized spacial score (nSPS) is 17.2. The average Bonchev–Trinajstić information content (AvgIpc) is 1.65. The van der Waals surface area contributed by atoms with E-state index in [0.29, 0.717) is 5.75 Å². The summed E-state index contributed by atoms with van der Waals surface area (Å²) in [4.78, 5) is 0. The minimum Gasteiger partial charge on any atom is -0.306 e. The second-order valence-electron chi connectivity index (χ2n) is 1.70. The third-order valence-electron chi connectivity index (χ3n) is 0.808. The molecule has 0 aliphatic heterocycles. The van der Waals surface area contributed by atoms with Crippen LogP contribution in [0.3, 0.4) is 0 Å². The van der Waals surface area contributed by atoms with Gasteiger partial charge in [-0.2, -0.15) is 0 Å². The largest absolute Gasteiger partial charge is 0.306 e. The highest BCUT2D eigenvalue weighted by Gasteiger charge is 1.98. The lowest BCUT2D eigenvalue weighted by molar-refractivity contribution is 0.557. The van der Waals surface area contributed by atoms with Crippen molar-refractivity contribution in [3.8, 4) is 0 Å². The van der Waals surface area contributed by atoms with Crippen LogP contribution in [-0.2, 0) is 11.1 Å². The Labute approximate surface area is 51.9 Å². The molecule has 1 unspecified atom stereocenters. The highest BCUT2D eigenvalue weighted by Crippen LogP contribution is 1.95. The van der Waals surface area contributed by atoms with Crippen LogP contribution in [0.1, 0.15) is 6.92 Å². The standard InChI is InChI=1S/C5H10O2S/c1-3-5(2)4-8(6)7/h3,5H,1,4H2,2H3,(H,6,7)/t5-/m0/s1. The predicted molar refractivity (Wildman–Crippen MR) is 35.0 cm³/mol. The van der Waals surface area contributed by atoms with Crippen LogP contribution in [0.15, 0.2) is 12.7 Å². The third kappa shape index (κ3) is 4.02. The van der Waals surface area contributed by atoms with E-state index in [1.54, 1.807) is 6.08 Å². The van der Waals surface area contributed by atoms with Crippen molar-refractivity contribution in [2.45, 2.75) is 6.92 Å². The Balaban J connectivity index is 3.38. The van der Waals surface area contributed by atoms with Gasteiger partial charge in [-0.25, -0.2) is 4.21 Å². The average molecular weight is 134 g/mol. The van der Waals surface area contributed by atoms with Gasteiger partial charge in [-0.05, 0) is 5.92 Å². The molecule has 0 aromatic carbocycles. The molecule has 0 aliphatic carbocycles. The second-order valence-corrected chi connectivity index (χ2v) is 2.68. The maximum Gasteiger partial charge on any atom is 0.153 e. The van der Waals surface area contributed by atoms with Crippen LogP contribution in [0.25, 0.3) is 0 Å². The van der Waals surface area contributed by atoms with Crippen molar-refractivity contribution in [1.29, 1.82) is 0 Å². The fraction of sp³-hybridized carbons (Fsp3) is 0.600. The van der Waals surface area contributed by atoms with E-state index in [2.05, 4.69) is 6.58 Å². The van der Waals surface area contributed by atoms with Crippen molar-refractivity contribution in [2.24, 2.45) is 5.92 Å². The quantitative estimate of drug-likeness (QED) is 0.462. The minimum atomic E-state index is -1.67. The van der Waals surface area contributed by atoms with Gasteiger partial charge in [0.15, 0.2) is 11.1 Å². The van der Waals surface area contributed by atoms with E-state index >= 15 is 0 Å². The predicted octanol–water partition coefficient (Wildman–Crippen LogP) is 1.03. The first-order valence-electron chi connectivity index (χ1n) is 2.37. The van der Waals surface area contributed by atoms with Crippen LogP contribution in [-0.4, -0.2) is 14.5 Å². The van der Waals surface area contributed by atoms with Crippen molar-refractivity contribution < 1.29 is 8.76 Å². The molecule has 0 radical (unpaired) electrons. The summed E-state index contributed by atoms with van der Waals surface area (Å²) in [5.41, 5.74) is 0. The van der Waals surface area contributed by atoms with E-state index in [1.807, 2.05) is 6.92 Å². The van der Waals surface area contributed by atoms with Gasteiger partial charge >= 0.3 is 0 Å². The fourth-order valence-electron chi connectivity index (χ4n) is 0.293. The number of rotatable bonds is 3. The zero-order chi connectivity index (χ0) is 6.57. The van der Waals surface area contributed by atoms with Gasteiger partial charge in [-0.3, -0.25) is 0 Å². The number of hydrogen-bond donors (Lipinski definition) is 1. The van der Waals surface area contributed by atoms with Crippen LogP contribution in [0.2, 0.25) is 0 Å². The van der Waals surface area contributed by atoms with Crippen molar-refractivity contribution >= 4 is 11.1 Å². The molecule has 0 saturated heterocycles. The van der Waals surface area contributed by atoms with Gasteiger partial charge in [0.25, 0.3) is 0 Å². The van der Waals surface area contributed by atoms with E-state index in [4.69, 9.17) is 4.55 Å². The van der Waals surface area contributed by atoms with Crippen LogP contribution in [0.5, 0.6) is 0 Å². The van der Waals surface area contributed by atoms with Crippen molar-refractivity contribution in [2.75, 3.05) is 5.75 Å². The molecule has 3 heteroatoms. The maximum atomic E-state index is 10.0. The molecule has 0 heterocycles. The fourth-order valence-corrected chi connectivity index (χ4v) is 0.879. The Morgan fingerprint density at radius 3 is 2.62 bits per heavy atom.